The molecule has 0 saturated heterocycles. The van der Waals surface area contributed by atoms with Gasteiger partial charge in [-0.15, -0.1) is 11.3 Å². The minimum Gasteiger partial charge on any atom is -0.129 e. The number of allylic oxidation sites excluding steroid dienone is 1. The second kappa shape index (κ2) is 4.43. The molecule has 0 nitrogen and oxygen atoms in total. The van der Waals surface area contributed by atoms with Crippen LogP contribution >= 0.6 is 43.2 Å². The SMILES string of the molecule is Cc1cc(C=CCBr)sc1Br. The molecular formula is C8H8Br2S. The molecule has 1 heterocycles. The molecule has 0 fully saturated rings. The van der Waals surface area contributed by atoms with Crippen molar-refractivity contribution >= 4 is 49.3 Å². The van der Waals surface area contributed by atoms with Gasteiger partial charge in [0.25, 0.3) is 0 Å². The number of hydrogen-bond acceptors (Lipinski definition) is 1. The zero-order chi connectivity index (χ0) is 8.27. The van der Waals surface area contributed by atoms with Gasteiger partial charge in [-0.1, -0.05) is 22.0 Å². The third-order valence-corrected chi connectivity index (χ3v) is 3.72. The molecule has 1 aromatic heterocycles. The first-order valence-corrected chi connectivity index (χ1v) is 5.95. The average molecular weight is 296 g/mol. The molecule has 0 atom stereocenters. The Hall–Kier alpha value is 0.400. The highest BCUT2D eigenvalue weighted by atomic mass is 79.9. The molecule has 0 aromatic carbocycles. The van der Waals surface area contributed by atoms with Gasteiger partial charge in [-0.05, 0) is 40.6 Å². The molecule has 0 saturated carbocycles. The topological polar surface area (TPSA) is 0 Å². The molecule has 0 amide bonds. The molecule has 11 heavy (non-hydrogen) atoms. The summed E-state index contributed by atoms with van der Waals surface area (Å²) in [5.41, 5.74) is 1.31. The van der Waals surface area contributed by atoms with E-state index in [4.69, 9.17) is 0 Å². The Morgan fingerprint density at radius 2 is 2.36 bits per heavy atom. The molecule has 0 unspecified atom stereocenters. The molecule has 60 valence electrons. The number of rotatable bonds is 2. The lowest BCUT2D eigenvalue weighted by Crippen LogP contribution is -1.60. The van der Waals surface area contributed by atoms with Gasteiger partial charge in [0.1, 0.15) is 0 Å². The lowest BCUT2D eigenvalue weighted by atomic mass is 10.3. The summed E-state index contributed by atoms with van der Waals surface area (Å²) in [5.74, 6) is 0. The van der Waals surface area contributed by atoms with Crippen molar-refractivity contribution in [1.29, 1.82) is 0 Å². The van der Waals surface area contributed by atoms with Gasteiger partial charge in [0.05, 0.1) is 3.79 Å². The van der Waals surface area contributed by atoms with Crippen molar-refractivity contribution in [2.45, 2.75) is 6.92 Å². The van der Waals surface area contributed by atoms with Crippen LogP contribution in [0.5, 0.6) is 0 Å². The fourth-order valence-electron chi connectivity index (χ4n) is 0.726. The van der Waals surface area contributed by atoms with Gasteiger partial charge in [0, 0.05) is 10.2 Å². The van der Waals surface area contributed by atoms with E-state index in [0.29, 0.717) is 0 Å². The van der Waals surface area contributed by atoms with E-state index >= 15 is 0 Å². The third kappa shape index (κ3) is 2.73. The maximum atomic E-state index is 3.48. The Morgan fingerprint density at radius 1 is 1.64 bits per heavy atom. The molecule has 1 rings (SSSR count). The highest BCUT2D eigenvalue weighted by Gasteiger charge is 1.98. The van der Waals surface area contributed by atoms with Crippen LogP contribution < -0.4 is 0 Å². The van der Waals surface area contributed by atoms with Gasteiger partial charge in [-0.25, -0.2) is 0 Å². The lowest BCUT2D eigenvalue weighted by Gasteiger charge is -1.79. The van der Waals surface area contributed by atoms with E-state index in [-0.39, 0.29) is 0 Å². The van der Waals surface area contributed by atoms with Gasteiger partial charge < -0.3 is 0 Å². The van der Waals surface area contributed by atoms with Crippen LogP contribution in [0.4, 0.5) is 0 Å². The van der Waals surface area contributed by atoms with E-state index in [0.717, 1.165) is 5.33 Å². The van der Waals surface area contributed by atoms with Crippen LogP contribution in [0.1, 0.15) is 10.4 Å². The molecule has 0 aliphatic heterocycles. The molecule has 1 aromatic rings. The first-order chi connectivity index (χ1) is 5.24. The summed E-state index contributed by atoms with van der Waals surface area (Å²) < 4.78 is 1.23. The molecule has 0 N–H and O–H groups in total. The predicted molar refractivity (Wildman–Crippen MR) is 59.6 cm³/mol. The monoisotopic (exact) mass is 294 g/mol. The standard InChI is InChI=1S/C8H8Br2S/c1-6-5-7(3-2-4-9)11-8(6)10/h2-3,5H,4H2,1H3. The minimum absolute atomic E-state index is 0.918. The largest absolute Gasteiger partial charge is 0.129 e. The summed E-state index contributed by atoms with van der Waals surface area (Å²) in [4.78, 5) is 1.30. The van der Waals surface area contributed by atoms with Crippen LogP contribution in [-0.4, -0.2) is 5.33 Å². The van der Waals surface area contributed by atoms with Crippen LogP contribution in [0.25, 0.3) is 6.08 Å². The lowest BCUT2D eigenvalue weighted by molar-refractivity contribution is 1.52. The summed E-state index contributed by atoms with van der Waals surface area (Å²) in [6.45, 7) is 2.10. The van der Waals surface area contributed by atoms with Gasteiger partial charge >= 0.3 is 0 Å². The van der Waals surface area contributed by atoms with Crippen molar-refractivity contribution in [3.05, 3.63) is 26.4 Å². The fraction of sp³-hybridized carbons (Fsp3) is 0.250. The first-order valence-electron chi connectivity index (χ1n) is 3.22. The molecule has 0 radical (unpaired) electrons. The summed E-state index contributed by atoms with van der Waals surface area (Å²) in [7, 11) is 0. The molecule has 0 aliphatic rings. The Morgan fingerprint density at radius 3 is 2.82 bits per heavy atom. The summed E-state index contributed by atoms with van der Waals surface area (Å²) >= 11 is 8.58. The summed E-state index contributed by atoms with van der Waals surface area (Å²) in [6.07, 6.45) is 4.22. The molecule has 0 aliphatic carbocycles. The van der Waals surface area contributed by atoms with Crippen LogP contribution in [-0.2, 0) is 0 Å². The number of alkyl halides is 1. The fourth-order valence-corrected chi connectivity index (χ4v) is 2.42. The van der Waals surface area contributed by atoms with E-state index in [9.17, 15) is 0 Å². The van der Waals surface area contributed by atoms with Gasteiger partial charge in [0.15, 0.2) is 0 Å². The smallest absolute Gasteiger partial charge is 0.0733 e. The van der Waals surface area contributed by atoms with Crippen molar-refractivity contribution in [3.63, 3.8) is 0 Å². The Kier molecular flexibility index (Phi) is 3.82. The van der Waals surface area contributed by atoms with Crippen molar-refractivity contribution in [1.82, 2.24) is 0 Å². The van der Waals surface area contributed by atoms with Crippen LogP contribution in [0, 0.1) is 6.92 Å². The molecular weight excluding hydrogens is 288 g/mol. The summed E-state index contributed by atoms with van der Waals surface area (Å²) in [6, 6.07) is 2.17. The Bertz CT molecular complexity index is 244. The van der Waals surface area contributed by atoms with Gasteiger partial charge in [-0.3, -0.25) is 0 Å². The third-order valence-electron chi connectivity index (χ3n) is 1.25. The van der Waals surface area contributed by atoms with E-state index in [1.165, 1.54) is 14.2 Å². The maximum Gasteiger partial charge on any atom is 0.0733 e. The van der Waals surface area contributed by atoms with E-state index < -0.39 is 0 Å². The second-order valence-electron chi connectivity index (χ2n) is 2.16. The predicted octanol–water partition coefficient (Wildman–Crippen LogP) is 4.23. The molecule has 0 bridgehead atoms. The molecule has 3 heteroatoms. The maximum absolute atomic E-state index is 3.48. The van der Waals surface area contributed by atoms with Crippen LogP contribution in [0.15, 0.2) is 15.9 Å². The number of hydrogen-bond donors (Lipinski definition) is 0. The van der Waals surface area contributed by atoms with Crippen molar-refractivity contribution in [2.75, 3.05) is 5.33 Å². The van der Waals surface area contributed by atoms with Crippen LogP contribution in [0.2, 0.25) is 0 Å². The highest BCUT2D eigenvalue weighted by molar-refractivity contribution is 9.11. The quantitative estimate of drug-likeness (QED) is 0.717. The summed E-state index contributed by atoms with van der Waals surface area (Å²) in [5, 5.41) is 0.918. The Balaban J connectivity index is 2.80. The first kappa shape index (κ1) is 9.49. The highest BCUT2D eigenvalue weighted by Crippen LogP contribution is 2.27. The number of aryl methyl sites for hydroxylation is 1. The van der Waals surface area contributed by atoms with Gasteiger partial charge in [-0.2, -0.15) is 0 Å². The van der Waals surface area contributed by atoms with E-state index in [1.807, 2.05) is 0 Å². The minimum atomic E-state index is 0.918. The number of halogens is 2. The zero-order valence-corrected chi connectivity index (χ0v) is 10.1. The zero-order valence-electron chi connectivity index (χ0n) is 6.10. The van der Waals surface area contributed by atoms with E-state index in [2.05, 4.69) is 57.0 Å². The van der Waals surface area contributed by atoms with Crippen molar-refractivity contribution < 1.29 is 0 Å². The van der Waals surface area contributed by atoms with Gasteiger partial charge in [0.2, 0.25) is 0 Å². The second-order valence-corrected chi connectivity index (χ2v) is 5.21. The van der Waals surface area contributed by atoms with E-state index in [1.54, 1.807) is 11.3 Å². The Labute approximate surface area is 87.6 Å². The normalized spacial score (nSPS) is 11.2. The average Bonchev–Trinajstić information content (AvgIpc) is 2.28. The van der Waals surface area contributed by atoms with Crippen LogP contribution in [0.3, 0.4) is 0 Å². The molecule has 0 spiro atoms. The van der Waals surface area contributed by atoms with Crippen molar-refractivity contribution in [2.24, 2.45) is 0 Å². The van der Waals surface area contributed by atoms with Crippen molar-refractivity contribution in [3.8, 4) is 0 Å². The number of thiophene rings is 1.